The van der Waals surface area contributed by atoms with Crippen molar-refractivity contribution in [3.63, 3.8) is 0 Å². The van der Waals surface area contributed by atoms with Crippen LogP contribution in [0, 0.1) is 0 Å². The van der Waals surface area contributed by atoms with Crippen LogP contribution in [-0.4, -0.2) is 97.5 Å². The van der Waals surface area contributed by atoms with E-state index in [9.17, 15) is 28.7 Å². The lowest BCUT2D eigenvalue weighted by atomic mass is 10.2. The third-order valence-corrected chi connectivity index (χ3v) is 6.08. The van der Waals surface area contributed by atoms with Crippen molar-refractivity contribution in [2.75, 3.05) is 44.2 Å². The van der Waals surface area contributed by atoms with Gasteiger partial charge in [0.15, 0.2) is 5.82 Å². The van der Waals surface area contributed by atoms with Crippen LogP contribution in [0.2, 0.25) is 0 Å². The zero-order valence-corrected chi connectivity index (χ0v) is 19.9. The minimum Gasteiger partial charge on any atom is -0.465 e. The monoisotopic (exact) mass is 506 g/mol. The average molecular weight is 506 g/mol. The molecule has 0 aliphatic carbocycles. The van der Waals surface area contributed by atoms with Gasteiger partial charge in [-0.05, 0) is 6.92 Å². The molecule has 1 aliphatic heterocycles. The molecule has 0 radical (unpaired) electrons. The zero-order chi connectivity index (χ0) is 25.6. The summed E-state index contributed by atoms with van der Waals surface area (Å²) in [5.41, 5.74) is 0.564. The van der Waals surface area contributed by atoms with Crippen LogP contribution < -0.4 is 10.6 Å². The predicted octanol–water partition coefficient (Wildman–Crippen LogP) is 0.674. The van der Waals surface area contributed by atoms with Crippen molar-refractivity contribution in [3.05, 3.63) is 42.1 Å². The van der Waals surface area contributed by atoms with E-state index in [1.807, 2.05) is 13.0 Å². The molecular weight excluding hydrogens is 479 g/mol. The summed E-state index contributed by atoms with van der Waals surface area (Å²) in [6.45, 7) is 2.55. The molecule has 1 saturated heterocycles. The number of anilines is 1. The molecule has 1 aromatic carbocycles. The number of nitrogens with zero attached hydrogens (tertiary/aromatic N) is 4. The first-order valence-electron chi connectivity index (χ1n) is 10.9. The van der Waals surface area contributed by atoms with Gasteiger partial charge in [-0.15, -0.1) is 0 Å². The number of nitrogens with one attached hydrogen (secondary N) is 2. The van der Waals surface area contributed by atoms with E-state index in [0.29, 0.717) is 17.9 Å². The van der Waals surface area contributed by atoms with Crippen LogP contribution in [0.3, 0.4) is 0 Å². The first-order valence-corrected chi connectivity index (χ1v) is 12.7. The van der Waals surface area contributed by atoms with Crippen molar-refractivity contribution in [2.24, 2.45) is 0 Å². The summed E-state index contributed by atoms with van der Waals surface area (Å²) in [5, 5.41) is 14.5. The van der Waals surface area contributed by atoms with Gasteiger partial charge in [-0.1, -0.05) is 30.3 Å². The summed E-state index contributed by atoms with van der Waals surface area (Å²) in [6, 6.07) is 8.79. The Labute approximate surface area is 201 Å². The Hall–Kier alpha value is -3.54. The molecule has 3 rings (SSSR count). The van der Waals surface area contributed by atoms with Crippen LogP contribution in [0.15, 0.2) is 36.4 Å². The molecule has 2 aromatic rings. The molecule has 1 atom stereocenters. The molecule has 2 heterocycles. The summed E-state index contributed by atoms with van der Waals surface area (Å²) >= 11 is 0. The van der Waals surface area contributed by atoms with Gasteiger partial charge in [0.05, 0.1) is 6.16 Å². The number of rotatable bonds is 8. The van der Waals surface area contributed by atoms with Crippen molar-refractivity contribution >= 4 is 31.3 Å². The van der Waals surface area contributed by atoms with Crippen molar-refractivity contribution < 1.29 is 33.8 Å². The minimum atomic E-state index is -4.69. The molecule has 13 nitrogen and oxygen atoms in total. The highest BCUT2D eigenvalue weighted by Gasteiger charge is 2.34. The molecule has 0 bridgehead atoms. The SMILES string of the molecule is CCNc1cc(C(=O)N[C@@H](CP(=O)(O)O)C(=O)N2CCN(C(=O)O)CC2)nc(-c2ccccc2)n1. The van der Waals surface area contributed by atoms with E-state index >= 15 is 0 Å². The molecule has 1 aliphatic rings. The fraction of sp³-hybridized carbons (Fsp3) is 0.381. The zero-order valence-electron chi connectivity index (χ0n) is 19.0. The molecule has 3 amide bonds. The number of aromatic nitrogens is 2. The van der Waals surface area contributed by atoms with Gasteiger partial charge in [0.1, 0.15) is 17.6 Å². The molecule has 14 heteroatoms. The Morgan fingerprint density at radius 2 is 1.69 bits per heavy atom. The number of benzene rings is 1. The van der Waals surface area contributed by atoms with E-state index in [1.54, 1.807) is 24.3 Å². The van der Waals surface area contributed by atoms with Gasteiger partial charge in [0.2, 0.25) is 5.91 Å². The maximum Gasteiger partial charge on any atom is 0.407 e. The van der Waals surface area contributed by atoms with Crippen molar-refractivity contribution in [1.29, 1.82) is 0 Å². The van der Waals surface area contributed by atoms with E-state index in [-0.39, 0.29) is 37.7 Å². The topological polar surface area (TPSA) is 185 Å². The lowest BCUT2D eigenvalue weighted by molar-refractivity contribution is -0.134. The standard InChI is InChI=1S/C21H27N6O7P/c1-2-22-17-12-15(23-18(25-17)14-6-4-3-5-7-14)19(28)24-16(13-35(32,33)34)20(29)26-8-10-27(11-9-26)21(30)31/h3-7,12,16H,2,8-11,13H2,1H3,(H,24,28)(H,30,31)(H,22,23,25)(H2,32,33,34)/t16-/m0/s1. The molecule has 188 valence electrons. The van der Waals surface area contributed by atoms with E-state index in [0.717, 1.165) is 4.90 Å². The van der Waals surface area contributed by atoms with Crippen LogP contribution in [0.1, 0.15) is 17.4 Å². The second-order valence-corrected chi connectivity index (χ2v) is 9.52. The number of carbonyl (C=O) groups is 3. The maximum atomic E-state index is 13.1. The summed E-state index contributed by atoms with van der Waals surface area (Å²) in [5.74, 6) is -0.887. The number of hydrogen-bond donors (Lipinski definition) is 5. The van der Waals surface area contributed by atoms with Gasteiger partial charge < -0.3 is 35.3 Å². The average Bonchev–Trinajstić information content (AvgIpc) is 2.83. The highest BCUT2D eigenvalue weighted by molar-refractivity contribution is 7.51. The Kier molecular flexibility index (Phi) is 8.39. The summed E-state index contributed by atoms with van der Waals surface area (Å²) in [7, 11) is -4.69. The quantitative estimate of drug-likeness (QED) is 0.319. The van der Waals surface area contributed by atoms with Crippen molar-refractivity contribution in [3.8, 4) is 11.4 Å². The van der Waals surface area contributed by atoms with Crippen molar-refractivity contribution in [2.45, 2.75) is 13.0 Å². The number of piperazine rings is 1. The van der Waals surface area contributed by atoms with E-state index < -0.39 is 37.7 Å². The summed E-state index contributed by atoms with van der Waals surface area (Å²) in [6.07, 6.45) is -2.03. The van der Waals surface area contributed by atoms with Gasteiger partial charge in [-0.3, -0.25) is 14.2 Å². The highest BCUT2D eigenvalue weighted by Crippen LogP contribution is 2.35. The van der Waals surface area contributed by atoms with Crippen LogP contribution in [0.5, 0.6) is 0 Å². The molecule has 35 heavy (non-hydrogen) atoms. The molecule has 0 unspecified atom stereocenters. The summed E-state index contributed by atoms with van der Waals surface area (Å²) in [4.78, 5) is 67.3. The van der Waals surface area contributed by atoms with Gasteiger partial charge in [0.25, 0.3) is 5.91 Å². The van der Waals surface area contributed by atoms with E-state index in [1.165, 1.54) is 11.0 Å². The first-order chi connectivity index (χ1) is 16.6. The maximum absolute atomic E-state index is 13.1. The largest absolute Gasteiger partial charge is 0.465 e. The Morgan fingerprint density at radius 3 is 2.26 bits per heavy atom. The lowest BCUT2D eigenvalue weighted by Gasteiger charge is -2.35. The van der Waals surface area contributed by atoms with Crippen LogP contribution in [-0.2, 0) is 9.36 Å². The Morgan fingerprint density at radius 1 is 1.06 bits per heavy atom. The fourth-order valence-electron chi connectivity index (χ4n) is 3.55. The second-order valence-electron chi connectivity index (χ2n) is 7.83. The van der Waals surface area contributed by atoms with Crippen LogP contribution in [0.25, 0.3) is 11.4 Å². The fourth-order valence-corrected chi connectivity index (χ4v) is 4.27. The Balaban J connectivity index is 1.84. The number of hydrogen-bond acceptors (Lipinski definition) is 7. The Bertz CT molecular complexity index is 1120. The van der Waals surface area contributed by atoms with E-state index in [2.05, 4.69) is 20.6 Å². The second kappa shape index (κ2) is 11.3. The first kappa shape index (κ1) is 26.1. The molecule has 0 saturated carbocycles. The predicted molar refractivity (Wildman–Crippen MR) is 126 cm³/mol. The van der Waals surface area contributed by atoms with Crippen LogP contribution >= 0.6 is 7.60 Å². The van der Waals surface area contributed by atoms with Gasteiger partial charge >= 0.3 is 13.7 Å². The van der Waals surface area contributed by atoms with Gasteiger partial charge in [0, 0.05) is 44.4 Å². The highest BCUT2D eigenvalue weighted by atomic mass is 31.2. The van der Waals surface area contributed by atoms with Crippen molar-refractivity contribution in [1.82, 2.24) is 25.1 Å². The number of carboxylic acid groups (broad SMARTS) is 1. The number of amides is 3. The normalized spacial score (nSPS) is 14.8. The lowest BCUT2D eigenvalue weighted by Crippen LogP contribution is -2.56. The number of carbonyl (C=O) groups excluding carboxylic acids is 2. The summed E-state index contributed by atoms with van der Waals surface area (Å²) < 4.78 is 11.7. The molecule has 0 spiro atoms. The molecular formula is C21H27N6O7P. The minimum absolute atomic E-state index is 0.0366. The van der Waals surface area contributed by atoms with E-state index in [4.69, 9.17) is 5.11 Å². The third-order valence-electron chi connectivity index (χ3n) is 5.23. The smallest absolute Gasteiger partial charge is 0.407 e. The van der Waals surface area contributed by atoms with Crippen LogP contribution in [0.4, 0.5) is 10.6 Å². The molecule has 1 aromatic heterocycles. The van der Waals surface area contributed by atoms with Gasteiger partial charge in [-0.25, -0.2) is 14.8 Å². The third kappa shape index (κ3) is 7.22. The molecule has 1 fully saturated rings. The molecule has 5 N–H and O–H groups in total. The van der Waals surface area contributed by atoms with Gasteiger partial charge in [-0.2, -0.15) is 0 Å².